The van der Waals surface area contributed by atoms with Crippen molar-refractivity contribution in [3.63, 3.8) is 0 Å². The fourth-order valence-electron chi connectivity index (χ4n) is 3.74. The lowest BCUT2D eigenvalue weighted by atomic mass is 10.2. The normalized spacial score (nSPS) is 18.6. The summed E-state index contributed by atoms with van der Waals surface area (Å²) < 4.78 is 12.2. The lowest BCUT2D eigenvalue weighted by Gasteiger charge is -2.35. The topological polar surface area (TPSA) is 71.0 Å². The molecule has 2 fully saturated rings. The maximum absolute atomic E-state index is 12.3. The lowest BCUT2D eigenvalue weighted by Crippen LogP contribution is -2.49. The predicted octanol–water partition coefficient (Wildman–Crippen LogP) is 3.30. The number of carbonyl (C=O) groups is 1. The lowest BCUT2D eigenvalue weighted by molar-refractivity contribution is 0.0140. The predicted molar refractivity (Wildman–Crippen MR) is 125 cm³/mol. The molecule has 2 aromatic heterocycles. The van der Waals surface area contributed by atoms with Crippen molar-refractivity contribution >= 4 is 45.2 Å². The smallest absolute Gasteiger partial charge is 0.410 e. The minimum atomic E-state index is -0.458. The highest BCUT2D eigenvalue weighted by Crippen LogP contribution is 2.34. The van der Waals surface area contributed by atoms with Gasteiger partial charge in [-0.1, -0.05) is 11.8 Å². The van der Waals surface area contributed by atoms with Crippen LogP contribution >= 0.6 is 23.1 Å². The second-order valence-corrected chi connectivity index (χ2v) is 10.7. The van der Waals surface area contributed by atoms with Gasteiger partial charge in [0, 0.05) is 50.7 Å². The molecule has 0 aliphatic carbocycles. The molecule has 4 rings (SSSR count). The third-order valence-corrected chi connectivity index (χ3v) is 6.93. The number of ether oxygens (including phenoxy) is 2. The number of hydrogen-bond acceptors (Lipinski definition) is 9. The van der Waals surface area contributed by atoms with Crippen LogP contribution in [0.5, 0.6) is 0 Å². The molecule has 10 heteroatoms. The van der Waals surface area contributed by atoms with Crippen molar-refractivity contribution in [2.24, 2.45) is 0 Å². The monoisotopic (exact) mass is 465 g/mol. The fourth-order valence-corrected chi connectivity index (χ4v) is 5.26. The van der Waals surface area contributed by atoms with Crippen molar-refractivity contribution in [3.05, 3.63) is 10.9 Å². The summed E-state index contributed by atoms with van der Waals surface area (Å²) >= 11 is 3.36. The Bertz CT molecular complexity index is 916. The summed E-state index contributed by atoms with van der Waals surface area (Å²) in [5.74, 6) is 1.03. The maximum Gasteiger partial charge on any atom is 0.410 e. The van der Waals surface area contributed by atoms with Crippen LogP contribution in [0, 0.1) is 0 Å². The van der Waals surface area contributed by atoms with E-state index in [0.29, 0.717) is 13.1 Å². The average molecular weight is 466 g/mol. The maximum atomic E-state index is 12.3. The van der Waals surface area contributed by atoms with Gasteiger partial charge in [-0.05, 0) is 33.1 Å². The fraction of sp³-hybridized carbons (Fsp3) is 0.667. The van der Waals surface area contributed by atoms with Crippen molar-refractivity contribution in [1.29, 1.82) is 0 Å². The first-order valence-corrected chi connectivity index (χ1v) is 12.7. The molecule has 31 heavy (non-hydrogen) atoms. The van der Waals surface area contributed by atoms with Crippen LogP contribution in [0.1, 0.15) is 25.6 Å². The number of aromatic nitrogens is 2. The number of nitrogens with zero attached hydrogens (tertiary/aromatic N) is 5. The minimum absolute atomic E-state index is 0.218. The summed E-state index contributed by atoms with van der Waals surface area (Å²) in [6, 6.07) is 2.20. The van der Waals surface area contributed by atoms with Crippen LogP contribution in [-0.4, -0.2) is 90.2 Å². The van der Waals surface area contributed by atoms with Crippen molar-refractivity contribution in [2.75, 3.05) is 63.6 Å². The van der Waals surface area contributed by atoms with Crippen molar-refractivity contribution in [1.82, 2.24) is 19.8 Å². The molecular weight excluding hydrogens is 434 g/mol. The number of thioether (sulfide) groups is 1. The molecule has 2 aromatic rings. The Balaban J connectivity index is 1.44. The van der Waals surface area contributed by atoms with Crippen molar-refractivity contribution < 1.29 is 14.3 Å². The van der Waals surface area contributed by atoms with Crippen LogP contribution < -0.4 is 4.90 Å². The number of rotatable bonds is 4. The summed E-state index contributed by atoms with van der Waals surface area (Å²) in [7, 11) is 0. The molecule has 2 saturated heterocycles. The van der Waals surface area contributed by atoms with Gasteiger partial charge in [-0.15, -0.1) is 11.3 Å². The van der Waals surface area contributed by atoms with Crippen molar-refractivity contribution in [2.45, 2.75) is 38.1 Å². The molecule has 0 radical (unpaired) electrons. The van der Waals surface area contributed by atoms with E-state index in [-0.39, 0.29) is 6.09 Å². The quantitative estimate of drug-likeness (QED) is 0.503. The van der Waals surface area contributed by atoms with E-state index < -0.39 is 5.60 Å². The zero-order valence-corrected chi connectivity index (χ0v) is 20.4. The number of hydrogen-bond donors (Lipinski definition) is 0. The Morgan fingerprint density at radius 3 is 2.52 bits per heavy atom. The van der Waals surface area contributed by atoms with E-state index in [1.165, 1.54) is 4.88 Å². The van der Waals surface area contributed by atoms with Crippen LogP contribution in [0.2, 0.25) is 0 Å². The Hall–Kier alpha value is -1.62. The highest BCUT2D eigenvalue weighted by atomic mass is 32.2. The highest BCUT2D eigenvalue weighted by molar-refractivity contribution is 7.98. The van der Waals surface area contributed by atoms with E-state index in [0.717, 1.165) is 67.1 Å². The summed E-state index contributed by atoms with van der Waals surface area (Å²) in [6.45, 7) is 12.8. The average Bonchev–Trinajstić information content (AvgIpc) is 3.15. The first kappa shape index (κ1) is 22.6. The number of carbonyl (C=O) groups excluding carboxylic acids is 1. The first-order valence-electron chi connectivity index (χ1n) is 10.7. The number of morpholine rings is 1. The van der Waals surface area contributed by atoms with E-state index in [9.17, 15) is 4.79 Å². The van der Waals surface area contributed by atoms with E-state index in [4.69, 9.17) is 19.4 Å². The van der Waals surface area contributed by atoms with Gasteiger partial charge in [0.1, 0.15) is 5.60 Å². The van der Waals surface area contributed by atoms with Crippen LogP contribution in [0.25, 0.3) is 10.2 Å². The number of fused-ring (bicyclic) bond motifs is 1. The molecule has 0 saturated carbocycles. The van der Waals surface area contributed by atoms with Gasteiger partial charge < -0.3 is 19.3 Å². The largest absolute Gasteiger partial charge is 0.444 e. The minimum Gasteiger partial charge on any atom is -0.444 e. The van der Waals surface area contributed by atoms with Gasteiger partial charge >= 0.3 is 6.09 Å². The van der Waals surface area contributed by atoms with Gasteiger partial charge in [0.05, 0.1) is 23.4 Å². The molecule has 0 spiro atoms. The molecule has 0 bridgehead atoms. The third-order valence-electron chi connectivity index (χ3n) is 5.28. The third kappa shape index (κ3) is 5.60. The van der Waals surface area contributed by atoms with E-state index in [2.05, 4.69) is 15.9 Å². The Labute approximate surface area is 191 Å². The van der Waals surface area contributed by atoms with Gasteiger partial charge in [0.25, 0.3) is 0 Å². The Morgan fingerprint density at radius 2 is 1.87 bits per heavy atom. The molecular formula is C21H31N5O3S2. The summed E-state index contributed by atoms with van der Waals surface area (Å²) in [5.41, 5.74) is 0.563. The van der Waals surface area contributed by atoms with Crippen LogP contribution in [-0.2, 0) is 16.0 Å². The molecule has 8 nitrogen and oxygen atoms in total. The van der Waals surface area contributed by atoms with Crippen molar-refractivity contribution in [3.8, 4) is 0 Å². The molecule has 1 amide bonds. The van der Waals surface area contributed by atoms with Gasteiger partial charge in [0.2, 0.25) is 0 Å². The SMILES string of the molecule is CSc1nc(N2CCOCC2)c2sc(CN3CCN(C(=O)OC(C)(C)C)CC3)cc2n1. The highest BCUT2D eigenvalue weighted by Gasteiger charge is 2.26. The summed E-state index contributed by atoms with van der Waals surface area (Å²) in [6.07, 6.45) is 1.80. The molecule has 0 atom stereocenters. The second-order valence-electron chi connectivity index (χ2n) is 8.80. The van der Waals surface area contributed by atoms with Crippen LogP contribution in [0.15, 0.2) is 11.2 Å². The molecule has 0 N–H and O–H groups in total. The zero-order valence-electron chi connectivity index (χ0n) is 18.7. The standard InChI is InChI=1S/C21H31N5O3S2/c1-21(2,3)29-20(27)26-7-5-24(6-8-26)14-15-13-16-17(31-15)18(23-19(22-16)30-4)25-9-11-28-12-10-25/h13H,5-12,14H2,1-4H3. The van der Waals surface area contributed by atoms with Gasteiger partial charge in [0.15, 0.2) is 11.0 Å². The number of amides is 1. The zero-order chi connectivity index (χ0) is 22.0. The number of thiophene rings is 1. The summed E-state index contributed by atoms with van der Waals surface area (Å²) in [5, 5.41) is 0.810. The van der Waals surface area contributed by atoms with Crippen LogP contribution in [0.3, 0.4) is 0 Å². The number of piperazine rings is 1. The second kappa shape index (κ2) is 9.48. The number of anilines is 1. The molecule has 0 unspecified atom stereocenters. The molecule has 170 valence electrons. The molecule has 0 aromatic carbocycles. The molecule has 2 aliphatic heterocycles. The van der Waals surface area contributed by atoms with Gasteiger partial charge in [-0.2, -0.15) is 0 Å². The Morgan fingerprint density at radius 1 is 1.16 bits per heavy atom. The molecule has 4 heterocycles. The molecule has 2 aliphatic rings. The van der Waals surface area contributed by atoms with Gasteiger partial charge in [-0.25, -0.2) is 14.8 Å². The van der Waals surface area contributed by atoms with E-state index in [1.54, 1.807) is 28.0 Å². The van der Waals surface area contributed by atoms with E-state index in [1.807, 2.05) is 27.0 Å². The first-order chi connectivity index (χ1) is 14.8. The summed E-state index contributed by atoms with van der Waals surface area (Å²) in [4.78, 5) is 29.7. The van der Waals surface area contributed by atoms with Gasteiger partial charge in [-0.3, -0.25) is 4.90 Å². The van der Waals surface area contributed by atoms with E-state index >= 15 is 0 Å². The van der Waals surface area contributed by atoms with Crippen LogP contribution in [0.4, 0.5) is 10.6 Å². The Kier molecular flexibility index (Phi) is 6.90.